The number of likely N-dealkylation sites (N-methyl/N-ethyl adjacent to an activating group) is 1. The maximum Gasteiger partial charge on any atom is 0.227 e. The zero-order chi connectivity index (χ0) is 15.2. The highest BCUT2D eigenvalue weighted by molar-refractivity contribution is 5.85. The van der Waals surface area contributed by atoms with Crippen molar-refractivity contribution in [2.24, 2.45) is 0 Å². The minimum absolute atomic E-state index is 0. The van der Waals surface area contributed by atoms with Gasteiger partial charge in [-0.2, -0.15) is 0 Å². The van der Waals surface area contributed by atoms with E-state index in [1.165, 1.54) is 0 Å². The van der Waals surface area contributed by atoms with Crippen LogP contribution in [0.15, 0.2) is 24.3 Å². The molecule has 5 heteroatoms. The molecule has 1 aliphatic rings. The third-order valence-corrected chi connectivity index (χ3v) is 3.76. The van der Waals surface area contributed by atoms with Crippen LogP contribution in [0.25, 0.3) is 0 Å². The zero-order valence-corrected chi connectivity index (χ0v) is 14.5. The average Bonchev–Trinajstić information content (AvgIpc) is 2.87. The Bertz CT molecular complexity index is 479. The van der Waals surface area contributed by atoms with Crippen molar-refractivity contribution in [3.05, 3.63) is 29.8 Å². The van der Waals surface area contributed by atoms with Crippen LogP contribution >= 0.6 is 12.4 Å². The lowest BCUT2D eigenvalue weighted by Crippen LogP contribution is -2.41. The molecular weight excluding hydrogens is 300 g/mol. The van der Waals surface area contributed by atoms with Gasteiger partial charge in [0.05, 0.1) is 12.5 Å². The van der Waals surface area contributed by atoms with Crippen LogP contribution in [0.3, 0.4) is 0 Å². The van der Waals surface area contributed by atoms with Crippen molar-refractivity contribution in [1.82, 2.24) is 10.2 Å². The summed E-state index contributed by atoms with van der Waals surface area (Å²) in [6.45, 7) is 5.77. The number of nitrogens with one attached hydrogen (secondary N) is 1. The number of carbonyl (C=O) groups is 1. The molecule has 4 nitrogen and oxygen atoms in total. The molecular formula is C17H27ClN2O2. The summed E-state index contributed by atoms with van der Waals surface area (Å²) in [5, 5.41) is 3.18. The van der Waals surface area contributed by atoms with Gasteiger partial charge in [-0.1, -0.05) is 12.1 Å². The van der Waals surface area contributed by atoms with Crippen LogP contribution in [0, 0.1) is 0 Å². The quantitative estimate of drug-likeness (QED) is 0.874. The number of halogens is 1. The van der Waals surface area contributed by atoms with Gasteiger partial charge in [0.25, 0.3) is 0 Å². The SMILES string of the molecule is CNCC1CCCN1C(=O)Cc1cccc(OC(C)C)c1.Cl. The Hall–Kier alpha value is -1.26. The van der Waals surface area contributed by atoms with Crippen molar-refractivity contribution in [3.8, 4) is 5.75 Å². The van der Waals surface area contributed by atoms with E-state index in [0.29, 0.717) is 12.5 Å². The summed E-state index contributed by atoms with van der Waals surface area (Å²) in [5.74, 6) is 1.05. The molecule has 0 aliphatic carbocycles. The molecule has 1 unspecified atom stereocenters. The zero-order valence-electron chi connectivity index (χ0n) is 13.7. The number of carbonyl (C=O) groups excluding carboxylic acids is 1. The smallest absolute Gasteiger partial charge is 0.227 e. The second-order valence-corrected chi connectivity index (χ2v) is 5.93. The number of nitrogens with zero attached hydrogens (tertiary/aromatic N) is 1. The largest absolute Gasteiger partial charge is 0.491 e. The Labute approximate surface area is 139 Å². The molecule has 124 valence electrons. The molecule has 0 spiro atoms. The predicted molar refractivity (Wildman–Crippen MR) is 91.8 cm³/mol. The second-order valence-electron chi connectivity index (χ2n) is 5.93. The fourth-order valence-corrected chi connectivity index (χ4v) is 2.89. The van der Waals surface area contributed by atoms with Crippen LogP contribution in [0.2, 0.25) is 0 Å². The molecule has 0 aromatic heterocycles. The molecule has 22 heavy (non-hydrogen) atoms. The van der Waals surface area contributed by atoms with E-state index in [9.17, 15) is 4.79 Å². The van der Waals surface area contributed by atoms with Crippen LogP contribution in [-0.2, 0) is 11.2 Å². The molecule has 0 saturated carbocycles. The lowest BCUT2D eigenvalue weighted by atomic mass is 10.1. The fourth-order valence-electron chi connectivity index (χ4n) is 2.89. The van der Waals surface area contributed by atoms with Gasteiger partial charge < -0.3 is 15.0 Å². The van der Waals surface area contributed by atoms with Crippen molar-refractivity contribution < 1.29 is 9.53 Å². The molecule has 1 fully saturated rings. The molecule has 1 aromatic carbocycles. The van der Waals surface area contributed by atoms with E-state index in [2.05, 4.69) is 5.32 Å². The molecule has 1 saturated heterocycles. The minimum atomic E-state index is 0. The van der Waals surface area contributed by atoms with Gasteiger partial charge in [-0.25, -0.2) is 0 Å². The van der Waals surface area contributed by atoms with Gasteiger partial charge in [0.15, 0.2) is 0 Å². The molecule has 1 aromatic rings. The predicted octanol–water partition coefficient (Wildman–Crippen LogP) is 2.65. The van der Waals surface area contributed by atoms with Gasteiger partial charge in [0.2, 0.25) is 5.91 Å². The van der Waals surface area contributed by atoms with Crippen molar-refractivity contribution in [2.75, 3.05) is 20.1 Å². The summed E-state index contributed by atoms with van der Waals surface area (Å²) in [7, 11) is 1.94. The van der Waals surface area contributed by atoms with E-state index >= 15 is 0 Å². The molecule has 1 aliphatic heterocycles. The first-order valence-corrected chi connectivity index (χ1v) is 7.80. The van der Waals surface area contributed by atoms with Crippen molar-refractivity contribution >= 4 is 18.3 Å². The summed E-state index contributed by atoms with van der Waals surface area (Å²) < 4.78 is 5.69. The van der Waals surface area contributed by atoms with Gasteiger partial charge >= 0.3 is 0 Å². The Balaban J connectivity index is 0.00000242. The fraction of sp³-hybridized carbons (Fsp3) is 0.588. The maximum absolute atomic E-state index is 12.5. The monoisotopic (exact) mass is 326 g/mol. The van der Waals surface area contributed by atoms with E-state index in [4.69, 9.17) is 4.74 Å². The summed E-state index contributed by atoms with van der Waals surface area (Å²) >= 11 is 0. The van der Waals surface area contributed by atoms with Crippen LogP contribution in [0.1, 0.15) is 32.3 Å². The number of likely N-dealkylation sites (tertiary alicyclic amines) is 1. The summed E-state index contributed by atoms with van der Waals surface area (Å²) in [4.78, 5) is 14.5. The summed E-state index contributed by atoms with van der Waals surface area (Å²) in [6, 6.07) is 8.20. The number of hydrogen-bond acceptors (Lipinski definition) is 3. The standard InChI is InChI=1S/C17H26N2O2.ClH/c1-13(2)21-16-8-4-6-14(10-16)11-17(20)19-9-5-7-15(19)12-18-3;/h4,6,8,10,13,15,18H,5,7,9,11-12H2,1-3H3;1H. The number of ether oxygens (including phenoxy) is 1. The van der Waals surface area contributed by atoms with Crippen LogP contribution in [-0.4, -0.2) is 43.1 Å². The van der Waals surface area contributed by atoms with E-state index in [0.717, 1.165) is 37.2 Å². The first-order chi connectivity index (χ1) is 10.1. The summed E-state index contributed by atoms with van der Waals surface area (Å²) in [6.07, 6.45) is 2.81. The molecule has 1 atom stereocenters. The van der Waals surface area contributed by atoms with Gasteiger partial charge in [-0.05, 0) is 51.4 Å². The second kappa shape index (κ2) is 9.01. The molecule has 1 heterocycles. The molecule has 0 radical (unpaired) electrons. The van der Waals surface area contributed by atoms with Gasteiger partial charge in [0, 0.05) is 19.1 Å². The van der Waals surface area contributed by atoms with Crippen LogP contribution < -0.4 is 10.1 Å². The maximum atomic E-state index is 12.5. The van der Waals surface area contributed by atoms with Gasteiger partial charge in [-0.15, -0.1) is 12.4 Å². The van der Waals surface area contributed by atoms with Gasteiger partial charge in [0.1, 0.15) is 5.75 Å². The first-order valence-electron chi connectivity index (χ1n) is 7.80. The van der Waals surface area contributed by atoms with Crippen molar-refractivity contribution in [1.29, 1.82) is 0 Å². The molecule has 2 rings (SSSR count). The minimum Gasteiger partial charge on any atom is -0.491 e. The third kappa shape index (κ3) is 5.18. The highest BCUT2D eigenvalue weighted by Crippen LogP contribution is 2.20. The molecule has 0 bridgehead atoms. The van der Waals surface area contributed by atoms with Crippen LogP contribution in [0.5, 0.6) is 5.75 Å². The van der Waals surface area contributed by atoms with Crippen LogP contribution in [0.4, 0.5) is 0 Å². The first kappa shape index (κ1) is 18.8. The van der Waals surface area contributed by atoms with E-state index in [-0.39, 0.29) is 24.4 Å². The van der Waals surface area contributed by atoms with Gasteiger partial charge in [-0.3, -0.25) is 4.79 Å². The number of amides is 1. The highest BCUT2D eigenvalue weighted by atomic mass is 35.5. The van der Waals surface area contributed by atoms with Crippen molar-refractivity contribution in [2.45, 2.75) is 45.3 Å². The van der Waals surface area contributed by atoms with Crippen molar-refractivity contribution in [3.63, 3.8) is 0 Å². The Morgan fingerprint density at radius 3 is 2.91 bits per heavy atom. The topological polar surface area (TPSA) is 41.6 Å². The Kier molecular flexibility index (Phi) is 7.69. The number of benzene rings is 1. The number of hydrogen-bond donors (Lipinski definition) is 1. The Morgan fingerprint density at radius 1 is 1.45 bits per heavy atom. The average molecular weight is 327 g/mol. The molecule has 1 amide bonds. The Morgan fingerprint density at radius 2 is 2.23 bits per heavy atom. The van der Waals surface area contributed by atoms with E-state index in [1.54, 1.807) is 0 Å². The summed E-state index contributed by atoms with van der Waals surface area (Å²) in [5.41, 5.74) is 1.02. The lowest BCUT2D eigenvalue weighted by Gasteiger charge is -2.24. The van der Waals surface area contributed by atoms with E-state index < -0.39 is 0 Å². The number of rotatable bonds is 6. The normalized spacial score (nSPS) is 17.5. The molecule has 1 N–H and O–H groups in total. The van der Waals surface area contributed by atoms with E-state index in [1.807, 2.05) is 50.1 Å². The third-order valence-electron chi connectivity index (χ3n) is 3.76. The highest BCUT2D eigenvalue weighted by Gasteiger charge is 2.27. The lowest BCUT2D eigenvalue weighted by molar-refractivity contribution is -0.131.